The second kappa shape index (κ2) is 9.14. The fourth-order valence-corrected chi connectivity index (χ4v) is 3.20. The molecule has 4 aromatic rings. The number of benzene rings is 3. The van der Waals surface area contributed by atoms with Gasteiger partial charge in [-0.25, -0.2) is 4.98 Å². The first-order valence-corrected chi connectivity index (χ1v) is 10.6. The number of rotatable bonds is 7. The number of nitrogens with one attached hydrogen (secondary N) is 1. The lowest BCUT2D eigenvalue weighted by molar-refractivity contribution is 0.102. The molecular weight excluding hydrogens is 402 g/mol. The smallest absolute Gasteiger partial charge is 0.255 e. The number of aromatic nitrogens is 1. The number of carbonyl (C=O) groups is 1. The molecule has 4 rings (SSSR count). The highest BCUT2D eigenvalue weighted by Gasteiger charge is 2.11. The molecule has 6 heteroatoms. The average molecular weight is 430 g/mol. The number of ether oxygens (including phenoxy) is 1. The van der Waals surface area contributed by atoms with Crippen molar-refractivity contribution in [2.75, 3.05) is 30.9 Å². The van der Waals surface area contributed by atoms with Crippen molar-refractivity contribution in [1.82, 2.24) is 4.98 Å². The van der Waals surface area contributed by atoms with Gasteiger partial charge in [-0.15, -0.1) is 0 Å². The normalized spacial score (nSPS) is 11.0. The van der Waals surface area contributed by atoms with Crippen molar-refractivity contribution in [3.63, 3.8) is 0 Å². The number of anilines is 2. The van der Waals surface area contributed by atoms with Crippen molar-refractivity contribution in [1.29, 1.82) is 0 Å². The van der Waals surface area contributed by atoms with Gasteiger partial charge in [0.25, 0.3) is 5.91 Å². The van der Waals surface area contributed by atoms with Crippen LogP contribution in [0.1, 0.15) is 24.2 Å². The van der Waals surface area contributed by atoms with E-state index in [0.29, 0.717) is 40.8 Å². The maximum atomic E-state index is 12.6. The van der Waals surface area contributed by atoms with Gasteiger partial charge in [-0.1, -0.05) is 13.8 Å². The Morgan fingerprint density at radius 1 is 1.03 bits per heavy atom. The number of fused-ring (bicyclic) bond motifs is 1. The molecule has 1 N–H and O–H groups in total. The highest BCUT2D eigenvalue weighted by molar-refractivity contribution is 6.05. The van der Waals surface area contributed by atoms with Gasteiger partial charge in [-0.3, -0.25) is 4.79 Å². The standard InChI is InChI=1S/C26H27N3O3/c1-17(2)16-31-22-12-7-18(8-13-22)25(30)27-20-9-14-24-23(15-20)28-26(32-24)19-5-10-21(11-6-19)29(3)4/h5-15,17H,16H2,1-4H3,(H,27,30). The minimum Gasteiger partial charge on any atom is -0.493 e. The topological polar surface area (TPSA) is 67.6 Å². The Morgan fingerprint density at radius 3 is 2.41 bits per heavy atom. The van der Waals surface area contributed by atoms with E-state index in [9.17, 15) is 4.79 Å². The highest BCUT2D eigenvalue weighted by Crippen LogP contribution is 2.27. The lowest BCUT2D eigenvalue weighted by atomic mass is 10.2. The van der Waals surface area contributed by atoms with Gasteiger partial charge < -0.3 is 19.4 Å². The van der Waals surface area contributed by atoms with E-state index in [4.69, 9.17) is 9.15 Å². The monoisotopic (exact) mass is 429 g/mol. The Morgan fingerprint density at radius 2 is 1.75 bits per heavy atom. The summed E-state index contributed by atoms with van der Waals surface area (Å²) < 4.78 is 11.6. The summed E-state index contributed by atoms with van der Waals surface area (Å²) in [6, 6.07) is 20.6. The molecule has 0 aliphatic carbocycles. The Bertz CT molecular complexity index is 1210. The van der Waals surface area contributed by atoms with E-state index < -0.39 is 0 Å². The quantitative estimate of drug-likeness (QED) is 0.399. The molecule has 1 amide bonds. The molecule has 1 heterocycles. The molecule has 0 spiro atoms. The van der Waals surface area contributed by atoms with Crippen LogP contribution in [0.4, 0.5) is 11.4 Å². The van der Waals surface area contributed by atoms with Gasteiger partial charge in [0.15, 0.2) is 5.58 Å². The minimum absolute atomic E-state index is 0.192. The van der Waals surface area contributed by atoms with Gasteiger partial charge in [0.1, 0.15) is 11.3 Å². The molecule has 6 nitrogen and oxygen atoms in total. The molecule has 0 radical (unpaired) electrons. The van der Waals surface area contributed by atoms with Gasteiger partial charge in [-0.05, 0) is 72.6 Å². The van der Waals surface area contributed by atoms with Gasteiger partial charge >= 0.3 is 0 Å². The fourth-order valence-electron chi connectivity index (χ4n) is 3.20. The third-order valence-electron chi connectivity index (χ3n) is 4.98. The molecule has 0 unspecified atom stereocenters. The third kappa shape index (κ3) is 4.91. The van der Waals surface area contributed by atoms with Crippen molar-refractivity contribution in [2.45, 2.75) is 13.8 Å². The van der Waals surface area contributed by atoms with Crippen LogP contribution in [0.5, 0.6) is 5.75 Å². The first-order chi connectivity index (χ1) is 15.4. The van der Waals surface area contributed by atoms with E-state index in [0.717, 1.165) is 17.0 Å². The lowest BCUT2D eigenvalue weighted by Crippen LogP contribution is -2.12. The Labute approximate surface area is 187 Å². The molecule has 0 aliphatic heterocycles. The number of oxazole rings is 1. The second-order valence-corrected chi connectivity index (χ2v) is 8.33. The molecule has 0 saturated carbocycles. The van der Waals surface area contributed by atoms with Crippen molar-refractivity contribution in [3.8, 4) is 17.2 Å². The average Bonchev–Trinajstić information content (AvgIpc) is 3.21. The van der Waals surface area contributed by atoms with Crippen LogP contribution in [-0.4, -0.2) is 31.6 Å². The molecule has 0 atom stereocenters. The first-order valence-electron chi connectivity index (χ1n) is 10.6. The van der Waals surface area contributed by atoms with Crippen molar-refractivity contribution in [2.24, 2.45) is 5.92 Å². The summed E-state index contributed by atoms with van der Waals surface area (Å²) in [5.41, 5.74) is 4.58. The summed E-state index contributed by atoms with van der Waals surface area (Å²) in [5.74, 6) is 1.56. The van der Waals surface area contributed by atoms with Crippen LogP contribution >= 0.6 is 0 Å². The van der Waals surface area contributed by atoms with Crippen molar-refractivity contribution < 1.29 is 13.9 Å². The molecule has 3 aromatic carbocycles. The predicted octanol–water partition coefficient (Wildman–Crippen LogP) is 5.85. The third-order valence-corrected chi connectivity index (χ3v) is 4.98. The van der Waals surface area contributed by atoms with E-state index in [-0.39, 0.29) is 5.91 Å². The summed E-state index contributed by atoms with van der Waals surface area (Å²) in [7, 11) is 4.00. The minimum atomic E-state index is -0.192. The van der Waals surface area contributed by atoms with Gasteiger partial charge in [0, 0.05) is 36.6 Å². The molecular formula is C26H27N3O3. The zero-order valence-corrected chi connectivity index (χ0v) is 18.8. The van der Waals surface area contributed by atoms with Crippen LogP contribution in [0, 0.1) is 5.92 Å². The lowest BCUT2D eigenvalue weighted by Gasteiger charge is -2.11. The van der Waals surface area contributed by atoms with Crippen LogP contribution < -0.4 is 15.0 Å². The summed E-state index contributed by atoms with van der Waals surface area (Å²) in [5, 5.41) is 2.92. The Kier molecular flexibility index (Phi) is 6.12. The SMILES string of the molecule is CC(C)COc1ccc(C(=O)Nc2ccc3oc(-c4ccc(N(C)C)cc4)nc3c2)cc1. The summed E-state index contributed by atoms with van der Waals surface area (Å²) >= 11 is 0. The van der Waals surface area contributed by atoms with E-state index in [1.54, 1.807) is 12.1 Å². The van der Waals surface area contributed by atoms with E-state index in [1.807, 2.05) is 73.6 Å². The van der Waals surface area contributed by atoms with Crippen molar-refractivity contribution >= 4 is 28.4 Å². The Balaban J connectivity index is 1.47. The van der Waals surface area contributed by atoms with Crippen LogP contribution in [0.15, 0.2) is 71.1 Å². The molecule has 0 bridgehead atoms. The van der Waals surface area contributed by atoms with Gasteiger partial charge in [-0.2, -0.15) is 0 Å². The first kappa shape index (κ1) is 21.4. The zero-order chi connectivity index (χ0) is 22.7. The molecule has 164 valence electrons. The van der Waals surface area contributed by atoms with Gasteiger partial charge in [0.2, 0.25) is 5.89 Å². The van der Waals surface area contributed by atoms with Crippen LogP contribution in [-0.2, 0) is 0 Å². The van der Waals surface area contributed by atoms with E-state index in [1.165, 1.54) is 0 Å². The van der Waals surface area contributed by atoms with E-state index >= 15 is 0 Å². The zero-order valence-electron chi connectivity index (χ0n) is 18.8. The molecule has 1 aromatic heterocycles. The number of amides is 1. The van der Waals surface area contributed by atoms with Gasteiger partial charge in [0.05, 0.1) is 6.61 Å². The molecule has 0 aliphatic rings. The van der Waals surface area contributed by atoms with Crippen LogP contribution in [0.3, 0.4) is 0 Å². The number of hydrogen-bond acceptors (Lipinski definition) is 5. The number of hydrogen-bond donors (Lipinski definition) is 1. The van der Waals surface area contributed by atoms with Crippen LogP contribution in [0.25, 0.3) is 22.6 Å². The predicted molar refractivity (Wildman–Crippen MR) is 129 cm³/mol. The van der Waals surface area contributed by atoms with E-state index in [2.05, 4.69) is 24.1 Å². The highest BCUT2D eigenvalue weighted by atomic mass is 16.5. The van der Waals surface area contributed by atoms with Crippen LogP contribution in [0.2, 0.25) is 0 Å². The summed E-state index contributed by atoms with van der Waals surface area (Å²) in [6.07, 6.45) is 0. The summed E-state index contributed by atoms with van der Waals surface area (Å²) in [4.78, 5) is 19.3. The molecule has 32 heavy (non-hydrogen) atoms. The summed E-state index contributed by atoms with van der Waals surface area (Å²) in [6.45, 7) is 4.83. The maximum absolute atomic E-state index is 12.6. The second-order valence-electron chi connectivity index (χ2n) is 8.33. The fraction of sp³-hybridized carbons (Fsp3) is 0.231. The maximum Gasteiger partial charge on any atom is 0.255 e. The molecule has 0 saturated heterocycles. The van der Waals surface area contributed by atoms with Crippen molar-refractivity contribution in [3.05, 3.63) is 72.3 Å². The number of carbonyl (C=O) groups excluding carboxylic acids is 1. The number of nitrogens with zero attached hydrogens (tertiary/aromatic N) is 2. The Hall–Kier alpha value is -3.80. The molecule has 0 fully saturated rings. The largest absolute Gasteiger partial charge is 0.493 e.